The number of benzene rings is 7. The molecule has 9 aromatic rings. The van der Waals surface area contributed by atoms with Crippen LogP contribution < -0.4 is 0 Å². The van der Waals surface area contributed by atoms with Gasteiger partial charge in [0, 0.05) is 34.1 Å². The lowest BCUT2D eigenvalue weighted by Gasteiger charge is -2.19. The monoisotopic (exact) mass is 728 g/mol. The minimum Gasteiger partial charge on any atom is -0.360 e. The van der Waals surface area contributed by atoms with Crippen LogP contribution in [0.15, 0.2) is 167 Å². The van der Waals surface area contributed by atoms with Gasteiger partial charge in [0.05, 0.1) is 0 Å². The van der Waals surface area contributed by atoms with Crippen LogP contribution >= 0.6 is 0 Å². The molecule has 0 aliphatic heterocycles. The van der Waals surface area contributed by atoms with Crippen molar-refractivity contribution >= 4 is 21.5 Å². The minimum atomic E-state index is -0.101. The summed E-state index contributed by atoms with van der Waals surface area (Å²) in [6.07, 6.45) is 0. The van der Waals surface area contributed by atoms with Gasteiger partial charge in [0.25, 0.3) is 0 Å². The average Bonchev–Trinajstić information content (AvgIpc) is 3.93. The van der Waals surface area contributed by atoms with Crippen molar-refractivity contribution < 1.29 is 9.05 Å². The first-order valence-electron chi connectivity index (χ1n) is 19.3. The Morgan fingerprint density at radius 1 is 0.321 bits per heavy atom. The molecule has 0 N–H and O–H groups in total. The first-order chi connectivity index (χ1) is 27.0. The summed E-state index contributed by atoms with van der Waals surface area (Å²) >= 11 is 0. The molecule has 7 aromatic carbocycles. The fourth-order valence-corrected chi connectivity index (χ4v) is 7.62. The lowest BCUT2D eigenvalue weighted by atomic mass is 9.84. The Labute approximate surface area is 328 Å². The minimum absolute atomic E-state index is 0.101. The molecule has 0 aliphatic rings. The number of nitrogens with zero attached hydrogens (tertiary/aromatic N) is 2. The summed E-state index contributed by atoms with van der Waals surface area (Å²) < 4.78 is 11.4. The van der Waals surface area contributed by atoms with Gasteiger partial charge in [-0.2, -0.15) is 0 Å². The highest BCUT2D eigenvalue weighted by Gasteiger charge is 2.22. The summed E-state index contributed by atoms with van der Waals surface area (Å²) in [4.78, 5) is 0. The van der Waals surface area contributed by atoms with E-state index in [-0.39, 0.29) is 10.8 Å². The first-order valence-corrected chi connectivity index (χ1v) is 19.3. The molecule has 0 radical (unpaired) electrons. The van der Waals surface area contributed by atoms with Gasteiger partial charge >= 0.3 is 0 Å². The highest BCUT2D eigenvalue weighted by atomic mass is 16.5. The van der Waals surface area contributed by atoms with E-state index >= 15 is 0 Å². The standard InChI is InChI=1S/C52H44N2O2/c1-51(2,3)47-31-45(53-55-47)35-21-17-33(18-22-35)39-25-27-41-43(29-39)50(38-15-11-8-12-16-38)44-30-40(26-28-42(44)49(41)37-13-9-7-10-14-37)34-19-23-36(24-20-34)46-32-48(56-54-46)52(4,5)6/h7-32H,1-6H3. The van der Waals surface area contributed by atoms with Crippen molar-refractivity contribution in [3.8, 4) is 67.0 Å². The number of hydrogen-bond donors (Lipinski definition) is 0. The Morgan fingerprint density at radius 2 is 0.661 bits per heavy atom. The summed E-state index contributed by atoms with van der Waals surface area (Å²) in [5.74, 6) is 1.75. The molecule has 0 amide bonds. The average molecular weight is 729 g/mol. The summed E-state index contributed by atoms with van der Waals surface area (Å²) in [7, 11) is 0. The zero-order valence-electron chi connectivity index (χ0n) is 32.7. The molecule has 56 heavy (non-hydrogen) atoms. The van der Waals surface area contributed by atoms with Crippen LogP contribution in [0.4, 0.5) is 0 Å². The molecule has 0 spiro atoms. The van der Waals surface area contributed by atoms with Crippen LogP contribution in [-0.2, 0) is 10.8 Å². The molecular weight excluding hydrogens is 685 g/mol. The summed E-state index contributed by atoms with van der Waals surface area (Å²) in [5.41, 5.74) is 13.0. The van der Waals surface area contributed by atoms with Crippen molar-refractivity contribution in [2.75, 3.05) is 0 Å². The molecule has 0 fully saturated rings. The van der Waals surface area contributed by atoms with Crippen LogP contribution in [0.25, 0.3) is 88.6 Å². The molecule has 0 saturated heterocycles. The highest BCUT2D eigenvalue weighted by molar-refractivity contribution is 6.22. The third kappa shape index (κ3) is 6.51. The Bertz CT molecular complexity index is 2680. The van der Waals surface area contributed by atoms with Gasteiger partial charge in [-0.05, 0) is 78.2 Å². The van der Waals surface area contributed by atoms with E-state index in [1.54, 1.807) is 0 Å². The van der Waals surface area contributed by atoms with E-state index in [0.717, 1.165) is 56.3 Å². The lowest BCUT2D eigenvalue weighted by molar-refractivity contribution is 0.330. The Morgan fingerprint density at radius 3 is 1.02 bits per heavy atom. The van der Waals surface area contributed by atoms with E-state index in [0.29, 0.717) is 0 Å². The predicted molar refractivity (Wildman–Crippen MR) is 232 cm³/mol. The van der Waals surface area contributed by atoms with Gasteiger partial charge in [-0.15, -0.1) is 0 Å². The summed E-state index contributed by atoms with van der Waals surface area (Å²) in [6, 6.07) is 56.9. The van der Waals surface area contributed by atoms with E-state index in [4.69, 9.17) is 9.05 Å². The van der Waals surface area contributed by atoms with E-state index in [2.05, 4.69) is 210 Å². The molecule has 4 heteroatoms. The molecule has 9 rings (SSSR count). The van der Waals surface area contributed by atoms with Crippen molar-refractivity contribution in [2.45, 2.75) is 52.4 Å². The van der Waals surface area contributed by atoms with E-state index in [9.17, 15) is 0 Å². The van der Waals surface area contributed by atoms with Gasteiger partial charge in [-0.25, -0.2) is 0 Å². The van der Waals surface area contributed by atoms with Gasteiger partial charge in [-0.3, -0.25) is 0 Å². The second-order valence-electron chi connectivity index (χ2n) is 16.8. The summed E-state index contributed by atoms with van der Waals surface area (Å²) in [5, 5.41) is 13.6. The summed E-state index contributed by atoms with van der Waals surface area (Å²) in [6.45, 7) is 12.8. The number of hydrogen-bond acceptors (Lipinski definition) is 4. The van der Waals surface area contributed by atoms with Crippen LogP contribution in [0, 0.1) is 0 Å². The van der Waals surface area contributed by atoms with Crippen molar-refractivity contribution in [3.05, 3.63) is 169 Å². The van der Waals surface area contributed by atoms with E-state index in [1.165, 1.54) is 43.8 Å². The normalized spacial score (nSPS) is 12.1. The largest absolute Gasteiger partial charge is 0.360 e. The molecule has 0 aliphatic carbocycles. The highest BCUT2D eigenvalue weighted by Crippen LogP contribution is 2.46. The zero-order chi connectivity index (χ0) is 38.6. The molecule has 0 saturated carbocycles. The SMILES string of the molecule is CC(C)(C)c1cc(-c2ccc(-c3ccc4c(-c5ccccc5)c5ccc(-c6ccc(-c7cc(C(C)(C)C)on7)cc6)cc5c(-c5ccccc5)c4c3)cc2)no1. The lowest BCUT2D eigenvalue weighted by Crippen LogP contribution is -2.09. The van der Waals surface area contributed by atoms with Gasteiger partial charge in [0.2, 0.25) is 0 Å². The molecule has 0 unspecified atom stereocenters. The predicted octanol–water partition coefficient (Wildman–Crippen LogP) is 14.6. The van der Waals surface area contributed by atoms with Crippen LogP contribution in [0.5, 0.6) is 0 Å². The fourth-order valence-electron chi connectivity index (χ4n) is 7.62. The molecular formula is C52H44N2O2. The van der Waals surface area contributed by atoms with Crippen molar-refractivity contribution in [3.63, 3.8) is 0 Å². The number of fused-ring (bicyclic) bond motifs is 2. The molecule has 2 aromatic heterocycles. The third-order valence-electron chi connectivity index (χ3n) is 10.8. The number of rotatable bonds is 6. The van der Waals surface area contributed by atoms with Crippen molar-refractivity contribution in [2.24, 2.45) is 0 Å². The maximum Gasteiger partial charge on any atom is 0.142 e. The zero-order valence-corrected chi connectivity index (χ0v) is 32.7. The maximum atomic E-state index is 5.70. The Hall–Kier alpha value is -6.52. The molecule has 274 valence electrons. The topological polar surface area (TPSA) is 52.1 Å². The second-order valence-corrected chi connectivity index (χ2v) is 16.8. The van der Waals surface area contributed by atoms with Crippen molar-refractivity contribution in [1.29, 1.82) is 0 Å². The molecule has 0 atom stereocenters. The van der Waals surface area contributed by atoms with Crippen LogP contribution in [0.2, 0.25) is 0 Å². The molecule has 4 nitrogen and oxygen atoms in total. The van der Waals surface area contributed by atoms with Gasteiger partial charge in [0.15, 0.2) is 0 Å². The number of aromatic nitrogens is 2. The Balaban J connectivity index is 1.21. The van der Waals surface area contributed by atoms with Gasteiger partial charge < -0.3 is 9.05 Å². The quantitative estimate of drug-likeness (QED) is 0.160. The third-order valence-corrected chi connectivity index (χ3v) is 10.8. The van der Waals surface area contributed by atoms with E-state index in [1.807, 2.05) is 0 Å². The first kappa shape index (κ1) is 35.2. The van der Waals surface area contributed by atoms with Gasteiger partial charge in [-0.1, -0.05) is 185 Å². The van der Waals surface area contributed by atoms with Crippen molar-refractivity contribution in [1.82, 2.24) is 10.3 Å². The van der Waals surface area contributed by atoms with Crippen LogP contribution in [-0.4, -0.2) is 10.3 Å². The van der Waals surface area contributed by atoms with Crippen LogP contribution in [0.3, 0.4) is 0 Å². The smallest absolute Gasteiger partial charge is 0.142 e. The maximum absolute atomic E-state index is 5.70. The fraction of sp³-hybridized carbons (Fsp3) is 0.154. The second kappa shape index (κ2) is 13.6. The van der Waals surface area contributed by atoms with Gasteiger partial charge in [0.1, 0.15) is 22.9 Å². The van der Waals surface area contributed by atoms with Crippen LogP contribution in [0.1, 0.15) is 53.1 Å². The molecule has 0 bridgehead atoms. The Kier molecular flexibility index (Phi) is 8.58. The molecule has 2 heterocycles. The van der Waals surface area contributed by atoms with E-state index < -0.39 is 0 Å².